The first-order valence-corrected chi connectivity index (χ1v) is 7.06. The number of hydrogen-bond donors (Lipinski definition) is 4. The largest absolute Gasteiger partial charge is 0.480 e. The Morgan fingerprint density at radius 3 is 1.82 bits per heavy atom. The van der Waals surface area contributed by atoms with Crippen LogP contribution in [0.25, 0.3) is 0 Å². The average Bonchev–Trinajstić information content (AvgIpc) is 2.29. The van der Waals surface area contributed by atoms with E-state index < -0.39 is 41.8 Å². The maximum absolute atomic E-state index is 12.1. The Balaban J connectivity index is 4.92. The molecule has 0 rings (SSSR count). The van der Waals surface area contributed by atoms with Crippen LogP contribution in [0.2, 0.25) is 0 Å². The highest BCUT2D eigenvalue weighted by molar-refractivity contribution is 5.89. The van der Waals surface area contributed by atoms with Crippen LogP contribution >= 0.6 is 0 Å². The number of carboxylic acids is 1. The van der Waals surface area contributed by atoms with Gasteiger partial charge in [0, 0.05) is 0 Å². The molecule has 8 heteroatoms. The number of amides is 2. The maximum atomic E-state index is 12.1. The molecule has 0 spiro atoms. The molecule has 0 saturated heterocycles. The summed E-state index contributed by atoms with van der Waals surface area (Å²) in [5.41, 5.74) is -0.759. The fourth-order valence-corrected chi connectivity index (χ4v) is 1.60. The van der Waals surface area contributed by atoms with Crippen LogP contribution in [0.1, 0.15) is 41.5 Å². The van der Waals surface area contributed by atoms with Gasteiger partial charge >= 0.3 is 12.1 Å². The lowest BCUT2D eigenvalue weighted by molar-refractivity contribution is -0.143. The lowest BCUT2D eigenvalue weighted by Crippen LogP contribution is -2.57. The number of aliphatic hydroxyl groups excluding tert-OH is 1. The predicted molar refractivity (Wildman–Crippen MR) is 79.2 cm³/mol. The Labute approximate surface area is 130 Å². The summed E-state index contributed by atoms with van der Waals surface area (Å²) in [5.74, 6) is -2.33. The monoisotopic (exact) mass is 318 g/mol. The van der Waals surface area contributed by atoms with Gasteiger partial charge in [0.05, 0.1) is 6.10 Å². The van der Waals surface area contributed by atoms with Gasteiger partial charge in [0.25, 0.3) is 0 Å². The van der Waals surface area contributed by atoms with E-state index in [9.17, 15) is 19.5 Å². The van der Waals surface area contributed by atoms with Gasteiger partial charge in [-0.25, -0.2) is 9.59 Å². The molecule has 0 aromatic heterocycles. The summed E-state index contributed by atoms with van der Waals surface area (Å²) in [6.07, 6.45) is -2.08. The van der Waals surface area contributed by atoms with Gasteiger partial charge in [-0.1, -0.05) is 13.8 Å². The second-order valence-electron chi connectivity index (χ2n) is 6.43. The van der Waals surface area contributed by atoms with E-state index in [0.717, 1.165) is 0 Å². The third-order valence-corrected chi connectivity index (χ3v) is 2.67. The van der Waals surface area contributed by atoms with Crippen LogP contribution in [-0.2, 0) is 14.3 Å². The van der Waals surface area contributed by atoms with Crippen LogP contribution < -0.4 is 10.6 Å². The molecule has 3 atom stereocenters. The van der Waals surface area contributed by atoms with Crippen molar-refractivity contribution in [1.29, 1.82) is 0 Å². The number of ether oxygens (including phenoxy) is 1. The van der Waals surface area contributed by atoms with E-state index in [1.165, 1.54) is 6.92 Å². The predicted octanol–water partition coefficient (Wildman–Crippen LogP) is 0.486. The van der Waals surface area contributed by atoms with Crippen molar-refractivity contribution in [3.05, 3.63) is 0 Å². The van der Waals surface area contributed by atoms with E-state index in [4.69, 9.17) is 9.84 Å². The number of carbonyl (C=O) groups is 3. The Hall–Kier alpha value is -1.83. The Morgan fingerprint density at radius 2 is 1.50 bits per heavy atom. The minimum atomic E-state index is -1.31. The van der Waals surface area contributed by atoms with Crippen LogP contribution in [0.15, 0.2) is 0 Å². The second-order valence-corrected chi connectivity index (χ2v) is 6.43. The van der Waals surface area contributed by atoms with Gasteiger partial charge in [-0.05, 0) is 33.6 Å². The van der Waals surface area contributed by atoms with Crippen LogP contribution in [0, 0.1) is 5.92 Å². The molecule has 0 bridgehead atoms. The fraction of sp³-hybridized carbons (Fsp3) is 0.786. The molecular weight excluding hydrogens is 292 g/mol. The minimum Gasteiger partial charge on any atom is -0.480 e. The van der Waals surface area contributed by atoms with Gasteiger partial charge in [0.2, 0.25) is 5.91 Å². The van der Waals surface area contributed by atoms with Gasteiger partial charge in [0.15, 0.2) is 0 Å². The molecule has 0 aliphatic heterocycles. The van der Waals surface area contributed by atoms with Gasteiger partial charge < -0.3 is 25.6 Å². The molecule has 0 aromatic carbocycles. The zero-order valence-corrected chi connectivity index (χ0v) is 13.8. The summed E-state index contributed by atoms with van der Waals surface area (Å²) in [5, 5.41) is 23.2. The fourth-order valence-electron chi connectivity index (χ4n) is 1.60. The van der Waals surface area contributed by atoms with Crippen molar-refractivity contribution in [3.8, 4) is 0 Å². The van der Waals surface area contributed by atoms with E-state index in [1.807, 2.05) is 0 Å². The van der Waals surface area contributed by atoms with Crippen molar-refractivity contribution < 1.29 is 29.3 Å². The molecule has 128 valence electrons. The van der Waals surface area contributed by atoms with E-state index in [2.05, 4.69) is 10.6 Å². The summed E-state index contributed by atoms with van der Waals surface area (Å²) in [6, 6.07) is -2.43. The molecule has 4 N–H and O–H groups in total. The van der Waals surface area contributed by atoms with Gasteiger partial charge in [-0.3, -0.25) is 4.79 Å². The molecule has 0 aliphatic carbocycles. The Bertz CT molecular complexity index is 414. The van der Waals surface area contributed by atoms with Crippen LogP contribution in [0.5, 0.6) is 0 Å². The van der Waals surface area contributed by atoms with Crippen molar-refractivity contribution in [2.75, 3.05) is 0 Å². The van der Waals surface area contributed by atoms with Gasteiger partial charge in [-0.15, -0.1) is 0 Å². The SMILES string of the molecule is CC(C)[C@H](NC(=O)[C@@H](NC(=O)OC(C)(C)C)[C@@H](C)O)C(=O)O. The number of rotatable bonds is 6. The molecule has 2 amide bonds. The number of alkyl carbamates (subject to hydrolysis) is 1. The van der Waals surface area contributed by atoms with E-state index in [0.29, 0.717) is 0 Å². The first-order valence-electron chi connectivity index (χ1n) is 7.06. The lowest BCUT2D eigenvalue weighted by atomic mass is 10.0. The van der Waals surface area contributed by atoms with Crippen LogP contribution in [0.4, 0.5) is 4.79 Å². The van der Waals surface area contributed by atoms with Crippen LogP contribution in [-0.4, -0.2) is 52.0 Å². The molecule has 0 radical (unpaired) electrons. The third-order valence-electron chi connectivity index (χ3n) is 2.67. The summed E-state index contributed by atoms with van der Waals surface area (Å²) in [7, 11) is 0. The smallest absolute Gasteiger partial charge is 0.408 e. The molecular formula is C14H26N2O6. The first kappa shape index (κ1) is 20.2. The number of nitrogens with one attached hydrogen (secondary N) is 2. The average molecular weight is 318 g/mol. The van der Waals surface area contributed by atoms with Crippen molar-refractivity contribution in [2.45, 2.75) is 65.3 Å². The van der Waals surface area contributed by atoms with Gasteiger partial charge in [-0.2, -0.15) is 0 Å². The quantitative estimate of drug-likeness (QED) is 0.565. The van der Waals surface area contributed by atoms with Gasteiger partial charge in [0.1, 0.15) is 17.7 Å². The lowest BCUT2D eigenvalue weighted by Gasteiger charge is -2.26. The molecule has 0 heterocycles. The summed E-state index contributed by atoms with van der Waals surface area (Å²) in [6.45, 7) is 9.55. The van der Waals surface area contributed by atoms with Crippen molar-refractivity contribution in [1.82, 2.24) is 10.6 Å². The highest BCUT2D eigenvalue weighted by atomic mass is 16.6. The molecule has 8 nitrogen and oxygen atoms in total. The van der Waals surface area contributed by atoms with E-state index in [-0.39, 0.29) is 5.92 Å². The molecule has 0 aliphatic rings. The maximum Gasteiger partial charge on any atom is 0.408 e. The highest BCUT2D eigenvalue weighted by Crippen LogP contribution is 2.08. The standard InChI is InChI=1S/C14H26N2O6/c1-7(2)9(12(19)20)15-11(18)10(8(3)17)16-13(21)22-14(4,5)6/h7-10,17H,1-6H3,(H,15,18)(H,16,21)(H,19,20)/t8-,9+,10+/m1/s1. The molecule has 22 heavy (non-hydrogen) atoms. The molecule has 0 aromatic rings. The van der Waals surface area contributed by atoms with E-state index in [1.54, 1.807) is 34.6 Å². The highest BCUT2D eigenvalue weighted by Gasteiger charge is 2.32. The number of aliphatic hydroxyl groups is 1. The molecule has 0 unspecified atom stereocenters. The summed E-state index contributed by atoms with van der Waals surface area (Å²) < 4.78 is 5.01. The molecule has 0 fully saturated rings. The number of carboxylic acid groups (broad SMARTS) is 1. The normalized spacial score (nSPS) is 15.6. The Morgan fingerprint density at radius 1 is 1.00 bits per heavy atom. The Kier molecular flexibility index (Phi) is 7.31. The number of carbonyl (C=O) groups excluding carboxylic acids is 2. The third kappa shape index (κ3) is 7.26. The molecule has 0 saturated carbocycles. The van der Waals surface area contributed by atoms with E-state index >= 15 is 0 Å². The minimum absolute atomic E-state index is 0.349. The number of aliphatic carboxylic acids is 1. The van der Waals surface area contributed by atoms with Crippen LogP contribution in [0.3, 0.4) is 0 Å². The van der Waals surface area contributed by atoms with Crippen molar-refractivity contribution in [2.24, 2.45) is 5.92 Å². The topological polar surface area (TPSA) is 125 Å². The zero-order chi connectivity index (χ0) is 17.7. The summed E-state index contributed by atoms with van der Waals surface area (Å²) in [4.78, 5) is 34.9. The summed E-state index contributed by atoms with van der Waals surface area (Å²) >= 11 is 0. The second kappa shape index (κ2) is 7.98. The van der Waals surface area contributed by atoms with Crippen molar-refractivity contribution in [3.63, 3.8) is 0 Å². The first-order chi connectivity index (χ1) is 9.85. The number of hydrogen-bond acceptors (Lipinski definition) is 5. The van der Waals surface area contributed by atoms with Crippen molar-refractivity contribution >= 4 is 18.0 Å². The zero-order valence-electron chi connectivity index (χ0n) is 13.8.